The molecule has 1 aliphatic heterocycles. The summed E-state index contributed by atoms with van der Waals surface area (Å²) >= 11 is 0. The van der Waals surface area contributed by atoms with Crippen LogP contribution in [0.3, 0.4) is 0 Å². The number of nitrogens with two attached hydrogens (primary N) is 1. The van der Waals surface area contributed by atoms with Gasteiger partial charge >= 0.3 is 0 Å². The second-order valence-electron chi connectivity index (χ2n) is 7.66. The Balaban J connectivity index is 1.17. The summed E-state index contributed by atoms with van der Waals surface area (Å²) in [6.07, 6.45) is 1.54. The first-order valence-electron chi connectivity index (χ1n) is 10.4. The third-order valence-corrected chi connectivity index (χ3v) is 5.52. The van der Waals surface area contributed by atoms with E-state index in [2.05, 4.69) is 25.3 Å². The Morgan fingerprint density at radius 1 is 1.00 bits per heavy atom. The molecular formula is C21H21F3N8O. The van der Waals surface area contributed by atoms with Crippen molar-refractivity contribution in [3.8, 4) is 11.6 Å². The second-order valence-corrected chi connectivity index (χ2v) is 7.66. The molecule has 0 unspecified atom stereocenters. The van der Waals surface area contributed by atoms with Crippen molar-refractivity contribution in [1.29, 1.82) is 0 Å². The van der Waals surface area contributed by atoms with E-state index >= 15 is 0 Å². The summed E-state index contributed by atoms with van der Waals surface area (Å²) in [4.78, 5) is 12.7. The predicted molar refractivity (Wildman–Crippen MR) is 116 cm³/mol. The molecule has 1 fully saturated rings. The quantitative estimate of drug-likeness (QED) is 0.426. The molecule has 0 saturated carbocycles. The molecule has 0 radical (unpaired) electrons. The van der Waals surface area contributed by atoms with Gasteiger partial charge in [-0.05, 0) is 12.1 Å². The minimum atomic E-state index is -1.18. The zero-order valence-electron chi connectivity index (χ0n) is 17.5. The van der Waals surface area contributed by atoms with Gasteiger partial charge in [-0.2, -0.15) is 14.5 Å². The van der Waals surface area contributed by atoms with Gasteiger partial charge in [-0.15, -0.1) is 5.10 Å². The van der Waals surface area contributed by atoms with E-state index in [1.807, 2.05) is 0 Å². The van der Waals surface area contributed by atoms with Crippen LogP contribution in [-0.4, -0.2) is 63.8 Å². The van der Waals surface area contributed by atoms with Crippen molar-refractivity contribution in [2.24, 2.45) is 0 Å². The number of piperazine rings is 1. The van der Waals surface area contributed by atoms with Crippen molar-refractivity contribution >= 4 is 23.1 Å². The van der Waals surface area contributed by atoms with Crippen LogP contribution < -0.4 is 16.0 Å². The van der Waals surface area contributed by atoms with Gasteiger partial charge in [-0.25, -0.2) is 13.2 Å². The van der Waals surface area contributed by atoms with E-state index in [4.69, 9.17) is 10.2 Å². The van der Waals surface area contributed by atoms with Crippen molar-refractivity contribution < 1.29 is 17.6 Å². The van der Waals surface area contributed by atoms with E-state index in [0.717, 1.165) is 6.07 Å². The summed E-state index contributed by atoms with van der Waals surface area (Å²) in [5.74, 6) is -0.764. The van der Waals surface area contributed by atoms with E-state index in [9.17, 15) is 13.2 Å². The van der Waals surface area contributed by atoms with E-state index in [1.54, 1.807) is 29.4 Å². The highest BCUT2D eigenvalue weighted by Crippen LogP contribution is 2.24. The van der Waals surface area contributed by atoms with Crippen LogP contribution in [0, 0.1) is 17.5 Å². The van der Waals surface area contributed by atoms with Gasteiger partial charge in [-0.1, -0.05) is 0 Å². The number of aromatic nitrogens is 4. The molecule has 33 heavy (non-hydrogen) atoms. The van der Waals surface area contributed by atoms with Crippen LogP contribution in [0.1, 0.15) is 0 Å². The van der Waals surface area contributed by atoms with Gasteiger partial charge in [-0.3, -0.25) is 4.90 Å². The maximum absolute atomic E-state index is 14.0. The maximum Gasteiger partial charge on any atom is 0.256 e. The van der Waals surface area contributed by atoms with E-state index < -0.39 is 17.5 Å². The van der Waals surface area contributed by atoms with Crippen LogP contribution in [0.25, 0.3) is 17.4 Å². The van der Waals surface area contributed by atoms with Crippen molar-refractivity contribution in [2.45, 2.75) is 0 Å². The molecule has 1 saturated heterocycles. The highest BCUT2D eigenvalue weighted by Gasteiger charge is 2.21. The molecule has 4 aromatic rings. The van der Waals surface area contributed by atoms with E-state index in [-0.39, 0.29) is 5.69 Å². The molecule has 0 atom stereocenters. The number of nitrogens with one attached hydrogen (secondary N) is 1. The summed E-state index contributed by atoms with van der Waals surface area (Å²) in [5, 5.41) is 7.54. The Hall–Kier alpha value is -3.80. The fraction of sp³-hybridized carbons (Fsp3) is 0.286. The fourth-order valence-corrected chi connectivity index (χ4v) is 3.80. The minimum Gasteiger partial charge on any atom is -0.461 e. The molecule has 1 aromatic carbocycles. The van der Waals surface area contributed by atoms with Gasteiger partial charge < -0.3 is 20.4 Å². The zero-order valence-corrected chi connectivity index (χ0v) is 17.5. The molecule has 0 amide bonds. The van der Waals surface area contributed by atoms with Gasteiger partial charge in [0.15, 0.2) is 17.4 Å². The number of hydrogen-bond donors (Lipinski definition) is 2. The number of nitrogen functional groups attached to an aromatic ring is 1. The number of fused-ring (bicyclic) bond motifs is 1. The van der Waals surface area contributed by atoms with Gasteiger partial charge in [0, 0.05) is 57.5 Å². The van der Waals surface area contributed by atoms with Crippen molar-refractivity contribution in [2.75, 3.05) is 55.2 Å². The second kappa shape index (κ2) is 8.62. The first-order valence-corrected chi connectivity index (χ1v) is 10.4. The van der Waals surface area contributed by atoms with Gasteiger partial charge in [0.1, 0.15) is 17.5 Å². The third kappa shape index (κ3) is 4.29. The Kier molecular flexibility index (Phi) is 5.50. The largest absolute Gasteiger partial charge is 0.461 e. The number of nitrogens with zero attached hydrogens (tertiary/aromatic N) is 6. The first kappa shape index (κ1) is 21.1. The number of rotatable bonds is 6. The molecule has 4 heterocycles. The molecule has 0 aliphatic carbocycles. The van der Waals surface area contributed by atoms with Crippen molar-refractivity contribution in [1.82, 2.24) is 24.5 Å². The summed E-state index contributed by atoms with van der Waals surface area (Å²) in [5.41, 5.74) is 6.18. The van der Waals surface area contributed by atoms with E-state index in [1.165, 1.54) is 4.52 Å². The molecule has 5 rings (SSSR count). The minimum absolute atomic E-state index is 0.0851. The van der Waals surface area contributed by atoms with Crippen LogP contribution in [-0.2, 0) is 0 Å². The summed E-state index contributed by atoms with van der Waals surface area (Å²) in [7, 11) is 0. The number of hydrogen-bond acceptors (Lipinski definition) is 8. The highest BCUT2D eigenvalue weighted by atomic mass is 19.2. The molecule has 9 nitrogen and oxygen atoms in total. The smallest absolute Gasteiger partial charge is 0.256 e. The zero-order chi connectivity index (χ0) is 22.9. The average Bonchev–Trinajstić information content (AvgIpc) is 3.47. The Morgan fingerprint density at radius 3 is 2.55 bits per heavy atom. The Labute approximate surface area is 186 Å². The number of benzene rings is 1. The van der Waals surface area contributed by atoms with Crippen LogP contribution in [0.2, 0.25) is 0 Å². The molecule has 172 valence electrons. The highest BCUT2D eigenvalue weighted by molar-refractivity contribution is 5.56. The van der Waals surface area contributed by atoms with Crippen LogP contribution in [0.4, 0.5) is 30.5 Å². The van der Waals surface area contributed by atoms with Gasteiger partial charge in [0.2, 0.25) is 5.82 Å². The summed E-state index contributed by atoms with van der Waals surface area (Å²) in [6, 6.07) is 6.68. The molecule has 3 aromatic heterocycles. The number of anilines is 3. The Morgan fingerprint density at radius 2 is 1.79 bits per heavy atom. The third-order valence-electron chi connectivity index (χ3n) is 5.52. The standard InChI is InChI=1S/C21H21F3N8O/c22-13-10-15(24)16(11-14(13)23)31-7-5-30(6-8-31)4-3-26-19-12-18(25)32-21(27-19)28-20(29-32)17-2-1-9-33-17/h1-2,9-12H,3-8,25H2,(H,26,27,28,29). The lowest BCUT2D eigenvalue weighted by Gasteiger charge is -2.36. The van der Waals surface area contributed by atoms with E-state index in [0.29, 0.717) is 74.3 Å². The van der Waals surface area contributed by atoms with Crippen LogP contribution >= 0.6 is 0 Å². The summed E-state index contributed by atoms with van der Waals surface area (Å²) in [6.45, 7) is 3.65. The monoisotopic (exact) mass is 458 g/mol. The van der Waals surface area contributed by atoms with Crippen LogP contribution in [0.15, 0.2) is 41.0 Å². The number of halogens is 3. The van der Waals surface area contributed by atoms with Gasteiger partial charge in [0.25, 0.3) is 5.78 Å². The lowest BCUT2D eigenvalue weighted by Crippen LogP contribution is -2.48. The topological polar surface area (TPSA) is 101 Å². The summed E-state index contributed by atoms with van der Waals surface area (Å²) < 4.78 is 47.5. The predicted octanol–water partition coefficient (Wildman–Crippen LogP) is 2.62. The molecule has 1 aliphatic rings. The molecule has 0 spiro atoms. The lowest BCUT2D eigenvalue weighted by molar-refractivity contribution is 0.266. The van der Waals surface area contributed by atoms with Crippen LogP contribution in [0.5, 0.6) is 0 Å². The number of furan rings is 1. The Bertz CT molecular complexity index is 1270. The lowest BCUT2D eigenvalue weighted by atomic mass is 10.2. The van der Waals surface area contributed by atoms with Crippen molar-refractivity contribution in [3.63, 3.8) is 0 Å². The molecule has 12 heteroatoms. The fourth-order valence-electron chi connectivity index (χ4n) is 3.80. The SMILES string of the molecule is Nc1cc(NCCN2CCN(c3cc(F)c(F)cc3F)CC2)nc2nc(-c3ccco3)nn12. The maximum atomic E-state index is 14.0. The van der Waals surface area contributed by atoms with Crippen molar-refractivity contribution in [3.05, 3.63) is 54.0 Å². The average molecular weight is 458 g/mol. The normalized spacial score (nSPS) is 14.8. The first-order chi connectivity index (χ1) is 16.0. The van der Waals surface area contributed by atoms with Gasteiger partial charge in [0.05, 0.1) is 12.0 Å². The molecular weight excluding hydrogens is 437 g/mol. The molecule has 3 N–H and O–H groups in total. The molecule has 0 bridgehead atoms.